The van der Waals surface area contributed by atoms with Crippen molar-refractivity contribution in [1.29, 1.82) is 0 Å². The second kappa shape index (κ2) is 16.4. The van der Waals surface area contributed by atoms with Gasteiger partial charge < -0.3 is 30.1 Å². The zero-order valence-corrected chi connectivity index (χ0v) is 25.9. The summed E-state index contributed by atoms with van der Waals surface area (Å²) in [5, 5.41) is 15.3. The summed E-state index contributed by atoms with van der Waals surface area (Å²) in [6, 6.07) is 17.4. The number of rotatable bonds is 13. The number of aromatic nitrogens is 2. The van der Waals surface area contributed by atoms with Crippen LogP contribution in [0.3, 0.4) is 0 Å². The Hall–Kier alpha value is -3.90. The number of unbranched alkanes of at least 4 members (excludes halogenated alkanes) is 2. The van der Waals surface area contributed by atoms with E-state index in [1.807, 2.05) is 54.6 Å². The second-order valence-corrected chi connectivity index (χ2v) is 11.7. The Morgan fingerprint density at radius 3 is 2.44 bits per heavy atom. The molecule has 0 radical (unpaired) electrons. The van der Waals surface area contributed by atoms with Gasteiger partial charge in [-0.3, -0.25) is 14.5 Å². The zero-order valence-electron chi connectivity index (χ0n) is 25.9. The number of nitrogens with zero attached hydrogens (tertiary/aromatic N) is 4. The average Bonchev–Trinajstić information content (AvgIpc) is 3.07. The summed E-state index contributed by atoms with van der Waals surface area (Å²) in [7, 11) is 0. The van der Waals surface area contributed by atoms with Crippen molar-refractivity contribution in [3.8, 4) is 0 Å². The van der Waals surface area contributed by atoms with E-state index in [2.05, 4.69) is 30.4 Å². The molecule has 3 aromatic rings. The number of hydrogen-bond donors (Lipinski definition) is 3. The van der Waals surface area contributed by atoms with Crippen molar-refractivity contribution in [3.05, 3.63) is 83.7 Å². The van der Waals surface area contributed by atoms with Gasteiger partial charge in [-0.15, -0.1) is 0 Å². The lowest BCUT2D eigenvalue weighted by Gasteiger charge is -2.40. The Morgan fingerprint density at radius 1 is 0.933 bits per heavy atom. The van der Waals surface area contributed by atoms with Crippen molar-refractivity contribution in [2.75, 3.05) is 49.5 Å². The van der Waals surface area contributed by atoms with Gasteiger partial charge in [-0.25, -0.2) is 9.97 Å². The van der Waals surface area contributed by atoms with Gasteiger partial charge in [0.2, 0.25) is 17.8 Å². The predicted molar refractivity (Wildman–Crippen MR) is 171 cm³/mol. The van der Waals surface area contributed by atoms with Crippen molar-refractivity contribution in [1.82, 2.24) is 20.2 Å². The molecule has 240 valence electrons. The van der Waals surface area contributed by atoms with E-state index in [9.17, 15) is 14.7 Å². The number of amides is 2. The summed E-state index contributed by atoms with van der Waals surface area (Å²) in [5.74, 6) is 0.685. The maximum Gasteiger partial charge on any atom is 0.225 e. The highest BCUT2D eigenvalue weighted by Crippen LogP contribution is 2.38. The summed E-state index contributed by atoms with van der Waals surface area (Å²) in [4.78, 5) is 37.1. The van der Waals surface area contributed by atoms with Crippen molar-refractivity contribution in [3.63, 3.8) is 0 Å². The third-order valence-corrected chi connectivity index (χ3v) is 8.18. The Morgan fingerprint density at radius 2 is 1.71 bits per heavy atom. The number of piperazine rings is 1. The fraction of sp³-hybridized carbons (Fsp3) is 0.471. The molecule has 1 aromatic heterocycles. The summed E-state index contributed by atoms with van der Waals surface area (Å²) in [5.41, 5.74) is 3.44. The van der Waals surface area contributed by atoms with Crippen molar-refractivity contribution in [2.24, 2.45) is 0 Å². The molecule has 0 spiro atoms. The second-order valence-electron chi connectivity index (χ2n) is 11.7. The lowest BCUT2D eigenvalue weighted by molar-refractivity contribution is -0.253. The number of aliphatic hydroxyl groups is 1. The van der Waals surface area contributed by atoms with Gasteiger partial charge >= 0.3 is 0 Å². The molecule has 2 aliphatic rings. The number of carbonyl (C=O) groups is 2. The molecule has 0 aliphatic carbocycles. The molecule has 11 nitrogen and oxygen atoms in total. The van der Waals surface area contributed by atoms with E-state index >= 15 is 0 Å². The number of nitrogens with one attached hydrogen (secondary N) is 2. The topological polar surface area (TPSA) is 129 Å². The van der Waals surface area contributed by atoms with Gasteiger partial charge in [0.25, 0.3) is 0 Å². The van der Waals surface area contributed by atoms with Crippen LogP contribution in [0.15, 0.2) is 67.0 Å². The molecule has 0 unspecified atom stereocenters. The summed E-state index contributed by atoms with van der Waals surface area (Å²) < 4.78 is 13.1. The number of ether oxygens (including phenoxy) is 2. The van der Waals surface area contributed by atoms with Gasteiger partial charge in [-0.05, 0) is 42.2 Å². The maximum absolute atomic E-state index is 12.6. The number of hydrogen-bond acceptors (Lipinski definition) is 9. The third kappa shape index (κ3) is 9.79. The largest absolute Gasteiger partial charge is 0.392 e. The monoisotopic (exact) mass is 616 g/mol. The first-order chi connectivity index (χ1) is 22.0. The minimum absolute atomic E-state index is 0.00422. The van der Waals surface area contributed by atoms with Gasteiger partial charge in [0.1, 0.15) is 0 Å². The molecule has 3 heterocycles. The summed E-state index contributed by atoms with van der Waals surface area (Å²) in [6.45, 7) is 6.36. The minimum atomic E-state index is -0.601. The SMILES string of the molecule is CC(=O)NCCCCCC(=O)Nc1cccc([C@H]2O[C@@H](CN3CCN(c4ncccn4)CC3)C[C@@H](c3ccc(CO)cc3)O2)c1. The van der Waals surface area contributed by atoms with Gasteiger partial charge in [0, 0.05) is 82.7 Å². The predicted octanol–water partition coefficient (Wildman–Crippen LogP) is 3.97. The molecule has 2 fully saturated rings. The molecule has 11 heteroatoms. The molecule has 0 saturated carbocycles. The maximum atomic E-state index is 12.6. The highest BCUT2D eigenvalue weighted by Gasteiger charge is 2.34. The average molecular weight is 617 g/mol. The van der Waals surface area contributed by atoms with E-state index in [1.54, 1.807) is 12.4 Å². The van der Waals surface area contributed by atoms with Crippen LogP contribution in [0, 0.1) is 0 Å². The number of carbonyl (C=O) groups excluding carboxylic acids is 2. The van der Waals surface area contributed by atoms with Crippen LogP contribution in [-0.2, 0) is 25.7 Å². The number of anilines is 2. The van der Waals surface area contributed by atoms with Crippen molar-refractivity contribution >= 4 is 23.5 Å². The molecular weight excluding hydrogens is 572 g/mol. The zero-order chi connectivity index (χ0) is 31.4. The fourth-order valence-corrected chi connectivity index (χ4v) is 5.74. The van der Waals surface area contributed by atoms with E-state index < -0.39 is 6.29 Å². The first-order valence-corrected chi connectivity index (χ1v) is 15.9. The highest BCUT2D eigenvalue weighted by atomic mass is 16.7. The lowest BCUT2D eigenvalue weighted by Crippen LogP contribution is -2.50. The molecule has 2 aliphatic heterocycles. The van der Waals surface area contributed by atoms with Crippen LogP contribution in [0.4, 0.5) is 11.6 Å². The molecule has 45 heavy (non-hydrogen) atoms. The molecule has 2 aromatic carbocycles. The van der Waals surface area contributed by atoms with Crippen LogP contribution < -0.4 is 15.5 Å². The van der Waals surface area contributed by atoms with Crippen LogP contribution in [0.2, 0.25) is 0 Å². The molecule has 2 amide bonds. The van der Waals surface area contributed by atoms with E-state index in [-0.39, 0.29) is 30.6 Å². The highest BCUT2D eigenvalue weighted by molar-refractivity contribution is 5.90. The number of benzene rings is 2. The van der Waals surface area contributed by atoms with Gasteiger partial charge in [0.05, 0.1) is 18.8 Å². The Kier molecular flexibility index (Phi) is 11.9. The quantitative estimate of drug-likeness (QED) is 0.244. The van der Waals surface area contributed by atoms with Gasteiger partial charge in [-0.1, -0.05) is 42.8 Å². The Labute approximate surface area is 265 Å². The summed E-state index contributed by atoms with van der Waals surface area (Å²) >= 11 is 0. The standard InChI is InChI=1S/C34H44N6O5/c1-25(42)35-14-4-2-3-9-32(43)38-29-8-5-7-28(21-29)33-44-30(22-31(45-33)27-12-10-26(24-41)11-13-27)23-39-17-19-40(20-18-39)34-36-15-6-16-37-34/h5-8,10-13,15-16,21,30-31,33,41H,2-4,9,14,17-20,22-24H2,1H3,(H,35,42)(H,38,43)/t30-,31+,33+/m1/s1. The molecule has 0 bridgehead atoms. The Bertz CT molecular complexity index is 1370. The molecule has 3 N–H and O–H groups in total. The first-order valence-electron chi connectivity index (χ1n) is 15.9. The Balaban J connectivity index is 1.21. The van der Waals surface area contributed by atoms with Gasteiger partial charge in [-0.2, -0.15) is 0 Å². The van der Waals surface area contributed by atoms with E-state index in [0.29, 0.717) is 25.1 Å². The smallest absolute Gasteiger partial charge is 0.225 e. The molecule has 5 rings (SSSR count). The third-order valence-electron chi connectivity index (χ3n) is 8.18. The van der Waals surface area contributed by atoms with Gasteiger partial charge in [0.15, 0.2) is 6.29 Å². The van der Waals surface area contributed by atoms with E-state index in [0.717, 1.165) is 74.6 Å². The molecule has 2 saturated heterocycles. The number of aliphatic hydroxyl groups excluding tert-OH is 1. The van der Waals surface area contributed by atoms with Crippen LogP contribution in [-0.4, -0.2) is 77.2 Å². The van der Waals surface area contributed by atoms with Crippen LogP contribution in [0.25, 0.3) is 0 Å². The summed E-state index contributed by atoms with van der Waals surface area (Å²) in [6.07, 6.45) is 6.29. The lowest BCUT2D eigenvalue weighted by atomic mass is 9.99. The normalized spacial score (nSPS) is 20.5. The van der Waals surface area contributed by atoms with Crippen molar-refractivity contribution < 1.29 is 24.2 Å². The first kappa shape index (κ1) is 32.5. The van der Waals surface area contributed by atoms with Crippen LogP contribution in [0.1, 0.15) is 68.1 Å². The fourth-order valence-electron chi connectivity index (χ4n) is 5.74. The van der Waals surface area contributed by atoms with Crippen LogP contribution >= 0.6 is 0 Å². The van der Waals surface area contributed by atoms with Crippen molar-refractivity contribution in [2.45, 2.75) is 64.1 Å². The van der Waals surface area contributed by atoms with E-state index in [4.69, 9.17) is 9.47 Å². The van der Waals surface area contributed by atoms with E-state index in [1.165, 1.54) is 6.92 Å². The molecule has 3 atom stereocenters. The minimum Gasteiger partial charge on any atom is -0.392 e. The molecular formula is C34H44N6O5. The van der Waals surface area contributed by atoms with Crippen LogP contribution in [0.5, 0.6) is 0 Å².